The van der Waals surface area contributed by atoms with Gasteiger partial charge < -0.3 is 15.4 Å². The molecule has 144 valence electrons. The summed E-state index contributed by atoms with van der Waals surface area (Å²) in [5.41, 5.74) is 3.82. The number of fused-ring (bicyclic) bond motifs is 1. The summed E-state index contributed by atoms with van der Waals surface area (Å²) in [7, 11) is 0. The number of aryl methyl sites for hydroxylation is 1. The van der Waals surface area contributed by atoms with Crippen molar-refractivity contribution >= 4 is 29.1 Å². The van der Waals surface area contributed by atoms with E-state index in [9.17, 15) is 9.59 Å². The Kier molecular flexibility index (Phi) is 5.89. The maximum Gasteiger partial charge on any atom is 0.343 e. The Morgan fingerprint density at radius 2 is 1.79 bits per heavy atom. The van der Waals surface area contributed by atoms with Crippen molar-refractivity contribution in [1.82, 2.24) is 5.32 Å². The molecule has 2 aromatic rings. The highest BCUT2D eigenvalue weighted by molar-refractivity contribution is 6.25. The first kappa shape index (κ1) is 19.4. The van der Waals surface area contributed by atoms with Crippen molar-refractivity contribution in [2.24, 2.45) is 4.99 Å². The van der Waals surface area contributed by atoms with Crippen LogP contribution in [0.3, 0.4) is 0 Å². The average molecular weight is 377 g/mol. The topological polar surface area (TPSA) is 79.8 Å². The third-order valence-electron chi connectivity index (χ3n) is 4.34. The molecule has 0 bridgehead atoms. The van der Waals surface area contributed by atoms with Gasteiger partial charge in [-0.25, -0.2) is 9.79 Å². The monoisotopic (exact) mass is 377 g/mol. The van der Waals surface area contributed by atoms with E-state index in [1.54, 1.807) is 19.1 Å². The van der Waals surface area contributed by atoms with E-state index in [0.717, 1.165) is 11.3 Å². The van der Waals surface area contributed by atoms with Gasteiger partial charge in [-0.2, -0.15) is 0 Å². The zero-order chi connectivity index (χ0) is 20.1. The summed E-state index contributed by atoms with van der Waals surface area (Å²) < 4.78 is 5.23. The number of amidine groups is 1. The summed E-state index contributed by atoms with van der Waals surface area (Å²) in [5.74, 6) is -0.684. The highest BCUT2D eigenvalue weighted by Crippen LogP contribution is 2.31. The zero-order valence-corrected chi connectivity index (χ0v) is 16.2. The van der Waals surface area contributed by atoms with Gasteiger partial charge in [-0.05, 0) is 44.5 Å². The van der Waals surface area contributed by atoms with E-state index in [0.29, 0.717) is 23.4 Å². The molecular formula is C22H23N3O3. The summed E-state index contributed by atoms with van der Waals surface area (Å²) in [6, 6.07) is 14.6. The van der Waals surface area contributed by atoms with Crippen molar-refractivity contribution in [2.45, 2.75) is 27.2 Å². The number of nitrogens with one attached hydrogen (secondary N) is 2. The second-order valence-electron chi connectivity index (χ2n) is 6.35. The Morgan fingerprint density at radius 1 is 1.07 bits per heavy atom. The predicted molar refractivity (Wildman–Crippen MR) is 110 cm³/mol. The number of nitrogens with zero attached hydrogens (tertiary/aromatic N) is 1. The van der Waals surface area contributed by atoms with Gasteiger partial charge in [0.05, 0.1) is 18.0 Å². The van der Waals surface area contributed by atoms with Gasteiger partial charge in [-0.15, -0.1) is 0 Å². The SMILES string of the molecule is CCOC(=O)C1=C(CC)Nc2ccccc2N=C1NC(=O)c1ccc(C)cc1. The second-order valence-corrected chi connectivity index (χ2v) is 6.35. The zero-order valence-electron chi connectivity index (χ0n) is 16.2. The van der Waals surface area contributed by atoms with Crippen molar-refractivity contribution in [3.63, 3.8) is 0 Å². The minimum absolute atomic E-state index is 0.179. The summed E-state index contributed by atoms with van der Waals surface area (Å²) in [6.07, 6.45) is 0.544. The molecule has 3 rings (SSSR count). The summed E-state index contributed by atoms with van der Waals surface area (Å²) >= 11 is 0. The van der Waals surface area contributed by atoms with Crippen LogP contribution < -0.4 is 10.6 Å². The third kappa shape index (κ3) is 4.11. The lowest BCUT2D eigenvalue weighted by Gasteiger charge is -2.15. The van der Waals surface area contributed by atoms with Crippen LogP contribution in [-0.2, 0) is 9.53 Å². The van der Waals surface area contributed by atoms with E-state index in [4.69, 9.17) is 4.74 Å². The molecule has 2 N–H and O–H groups in total. The van der Waals surface area contributed by atoms with E-state index in [1.165, 1.54) is 0 Å². The molecular weight excluding hydrogens is 354 g/mol. The van der Waals surface area contributed by atoms with E-state index in [2.05, 4.69) is 15.6 Å². The fraction of sp³-hybridized carbons (Fsp3) is 0.227. The van der Waals surface area contributed by atoms with Crippen LogP contribution in [0.1, 0.15) is 36.2 Å². The fourth-order valence-electron chi connectivity index (χ4n) is 2.88. The fourth-order valence-corrected chi connectivity index (χ4v) is 2.88. The van der Waals surface area contributed by atoms with Gasteiger partial charge in [0, 0.05) is 11.3 Å². The van der Waals surface area contributed by atoms with Crippen molar-refractivity contribution in [2.75, 3.05) is 11.9 Å². The van der Waals surface area contributed by atoms with Crippen molar-refractivity contribution in [3.8, 4) is 0 Å². The Balaban J connectivity index is 2.06. The number of anilines is 1. The Morgan fingerprint density at radius 3 is 2.46 bits per heavy atom. The first-order valence-electron chi connectivity index (χ1n) is 9.26. The predicted octanol–water partition coefficient (Wildman–Crippen LogP) is 4.11. The molecule has 6 nitrogen and oxygen atoms in total. The number of hydrogen-bond acceptors (Lipinski definition) is 5. The number of aliphatic imine (C=N–C) groups is 1. The summed E-state index contributed by atoms with van der Waals surface area (Å²) in [4.78, 5) is 30.0. The number of esters is 1. The average Bonchev–Trinajstić information content (AvgIpc) is 2.84. The van der Waals surface area contributed by atoms with E-state index >= 15 is 0 Å². The van der Waals surface area contributed by atoms with Gasteiger partial charge in [0.15, 0.2) is 0 Å². The maximum absolute atomic E-state index is 12.8. The first-order valence-corrected chi connectivity index (χ1v) is 9.26. The molecule has 0 saturated heterocycles. The maximum atomic E-state index is 12.8. The lowest BCUT2D eigenvalue weighted by atomic mass is 10.1. The van der Waals surface area contributed by atoms with Crippen LogP contribution in [0, 0.1) is 6.92 Å². The van der Waals surface area contributed by atoms with Crippen molar-refractivity contribution < 1.29 is 14.3 Å². The molecule has 2 aromatic carbocycles. The van der Waals surface area contributed by atoms with E-state index in [1.807, 2.05) is 50.2 Å². The van der Waals surface area contributed by atoms with Gasteiger partial charge in [0.25, 0.3) is 5.91 Å². The Bertz CT molecular complexity index is 959. The molecule has 1 heterocycles. The van der Waals surface area contributed by atoms with Gasteiger partial charge >= 0.3 is 5.97 Å². The van der Waals surface area contributed by atoms with Gasteiger partial charge in [0.1, 0.15) is 11.4 Å². The molecule has 1 aliphatic rings. The molecule has 0 unspecified atom stereocenters. The first-order chi connectivity index (χ1) is 13.5. The second kappa shape index (κ2) is 8.52. The number of benzene rings is 2. The third-order valence-corrected chi connectivity index (χ3v) is 4.34. The molecule has 0 saturated carbocycles. The molecule has 0 atom stereocenters. The molecule has 0 spiro atoms. The highest BCUT2D eigenvalue weighted by atomic mass is 16.5. The number of rotatable bonds is 4. The number of para-hydroxylation sites is 2. The van der Waals surface area contributed by atoms with Crippen LogP contribution in [0.15, 0.2) is 64.8 Å². The van der Waals surface area contributed by atoms with Crippen LogP contribution in [0.4, 0.5) is 11.4 Å². The largest absolute Gasteiger partial charge is 0.462 e. The quantitative estimate of drug-likeness (QED) is 0.786. The minimum Gasteiger partial charge on any atom is -0.462 e. The molecule has 28 heavy (non-hydrogen) atoms. The van der Waals surface area contributed by atoms with Crippen LogP contribution >= 0.6 is 0 Å². The molecule has 1 aliphatic heterocycles. The Hall–Kier alpha value is -3.41. The van der Waals surface area contributed by atoms with Crippen LogP contribution in [0.25, 0.3) is 0 Å². The standard InChI is InChI=1S/C22H23N3O3/c1-4-16-19(22(27)28-5-2)20(24-18-9-7-6-8-17(18)23-16)25-21(26)15-12-10-14(3)11-13-15/h6-13,23H,4-5H2,1-3H3,(H,24,25,26). The molecule has 0 aliphatic carbocycles. The molecule has 6 heteroatoms. The summed E-state index contributed by atoms with van der Waals surface area (Å²) in [6.45, 7) is 5.85. The lowest BCUT2D eigenvalue weighted by molar-refractivity contribution is -0.137. The van der Waals surface area contributed by atoms with Crippen LogP contribution in [-0.4, -0.2) is 24.3 Å². The van der Waals surface area contributed by atoms with Crippen LogP contribution in [0.5, 0.6) is 0 Å². The molecule has 0 aromatic heterocycles. The Labute approximate surface area is 164 Å². The number of ether oxygens (including phenoxy) is 1. The van der Waals surface area contributed by atoms with E-state index < -0.39 is 5.97 Å². The highest BCUT2D eigenvalue weighted by Gasteiger charge is 2.27. The van der Waals surface area contributed by atoms with Crippen molar-refractivity contribution in [3.05, 3.63) is 70.9 Å². The number of allylic oxidation sites excluding steroid dienone is 1. The number of carbonyl (C=O) groups excluding carboxylic acids is 2. The number of hydrogen-bond donors (Lipinski definition) is 2. The molecule has 0 fully saturated rings. The lowest BCUT2D eigenvalue weighted by Crippen LogP contribution is -2.35. The molecule has 1 amide bonds. The number of carbonyl (C=O) groups is 2. The van der Waals surface area contributed by atoms with E-state index in [-0.39, 0.29) is 23.9 Å². The van der Waals surface area contributed by atoms with Crippen LogP contribution in [0.2, 0.25) is 0 Å². The number of amides is 1. The van der Waals surface area contributed by atoms with Gasteiger partial charge in [-0.3, -0.25) is 4.79 Å². The normalized spacial score (nSPS) is 13.0. The summed E-state index contributed by atoms with van der Waals surface area (Å²) in [5, 5.41) is 6.06. The smallest absolute Gasteiger partial charge is 0.343 e. The molecule has 0 radical (unpaired) electrons. The van der Waals surface area contributed by atoms with Crippen molar-refractivity contribution in [1.29, 1.82) is 0 Å². The minimum atomic E-state index is -0.525. The van der Waals surface area contributed by atoms with Gasteiger partial charge in [-0.1, -0.05) is 36.8 Å². The van der Waals surface area contributed by atoms with Gasteiger partial charge in [0.2, 0.25) is 0 Å².